The molecule has 1 aromatic rings. The molecular formula is C10H19N3. The van der Waals surface area contributed by atoms with E-state index in [1.165, 1.54) is 6.42 Å². The maximum Gasteiger partial charge on any atom is 0.106 e. The summed E-state index contributed by atoms with van der Waals surface area (Å²) in [6, 6.07) is 0. The number of H-pyrrole nitrogens is 1. The number of aromatic nitrogens is 2. The number of hydrogen-bond donors (Lipinski definition) is 2. The summed E-state index contributed by atoms with van der Waals surface area (Å²) in [5, 5.41) is 0. The molecule has 0 spiro atoms. The van der Waals surface area contributed by atoms with Crippen molar-refractivity contribution in [3.63, 3.8) is 0 Å². The standard InChI is InChI=1S/C10H19N3/c1-8(2)5-9(7-11)6-10-12-3-4-13-10/h3-4,8-9H,5-7,11H2,1-2H3,(H,12,13). The van der Waals surface area contributed by atoms with Gasteiger partial charge >= 0.3 is 0 Å². The van der Waals surface area contributed by atoms with Gasteiger partial charge in [-0.15, -0.1) is 0 Å². The lowest BCUT2D eigenvalue weighted by atomic mass is 9.94. The third kappa shape index (κ3) is 3.59. The van der Waals surface area contributed by atoms with E-state index in [2.05, 4.69) is 23.8 Å². The summed E-state index contributed by atoms with van der Waals surface area (Å²) in [7, 11) is 0. The number of aromatic amines is 1. The van der Waals surface area contributed by atoms with E-state index in [0.717, 1.165) is 18.8 Å². The number of nitrogens with two attached hydrogens (primary N) is 1. The van der Waals surface area contributed by atoms with Crippen LogP contribution in [-0.4, -0.2) is 16.5 Å². The molecule has 74 valence electrons. The van der Waals surface area contributed by atoms with Crippen LogP contribution in [0.15, 0.2) is 12.4 Å². The van der Waals surface area contributed by atoms with Crippen molar-refractivity contribution in [2.24, 2.45) is 17.6 Å². The second-order valence-corrected chi connectivity index (χ2v) is 3.97. The van der Waals surface area contributed by atoms with Crippen LogP contribution < -0.4 is 5.73 Å². The van der Waals surface area contributed by atoms with E-state index in [1.807, 2.05) is 6.20 Å². The van der Waals surface area contributed by atoms with E-state index < -0.39 is 0 Å². The maximum absolute atomic E-state index is 5.70. The van der Waals surface area contributed by atoms with Crippen LogP contribution >= 0.6 is 0 Å². The molecule has 0 aliphatic heterocycles. The average Bonchev–Trinajstić information content (AvgIpc) is 2.55. The molecule has 0 bridgehead atoms. The van der Waals surface area contributed by atoms with E-state index in [4.69, 9.17) is 5.73 Å². The summed E-state index contributed by atoms with van der Waals surface area (Å²) < 4.78 is 0. The summed E-state index contributed by atoms with van der Waals surface area (Å²) in [6.45, 7) is 5.20. The summed E-state index contributed by atoms with van der Waals surface area (Å²) >= 11 is 0. The van der Waals surface area contributed by atoms with E-state index in [1.54, 1.807) is 6.20 Å². The van der Waals surface area contributed by atoms with Gasteiger partial charge in [0, 0.05) is 18.8 Å². The number of imidazole rings is 1. The third-order valence-electron chi connectivity index (χ3n) is 2.17. The van der Waals surface area contributed by atoms with Crippen LogP contribution in [0.4, 0.5) is 0 Å². The lowest BCUT2D eigenvalue weighted by Crippen LogP contribution is -2.19. The van der Waals surface area contributed by atoms with Crippen LogP contribution in [0.2, 0.25) is 0 Å². The zero-order valence-electron chi connectivity index (χ0n) is 8.46. The molecule has 0 radical (unpaired) electrons. The molecule has 3 nitrogen and oxygen atoms in total. The summed E-state index contributed by atoms with van der Waals surface area (Å²) in [4.78, 5) is 7.31. The molecule has 3 heteroatoms. The van der Waals surface area contributed by atoms with Crippen molar-refractivity contribution in [2.75, 3.05) is 6.54 Å². The van der Waals surface area contributed by atoms with Crippen LogP contribution in [0.3, 0.4) is 0 Å². The number of rotatable bonds is 5. The molecule has 0 amide bonds. The van der Waals surface area contributed by atoms with Crippen LogP contribution in [-0.2, 0) is 6.42 Å². The first kappa shape index (κ1) is 10.3. The van der Waals surface area contributed by atoms with E-state index in [0.29, 0.717) is 11.8 Å². The minimum Gasteiger partial charge on any atom is -0.349 e. The van der Waals surface area contributed by atoms with Gasteiger partial charge in [0.1, 0.15) is 5.82 Å². The zero-order valence-corrected chi connectivity index (χ0v) is 8.46. The Morgan fingerprint density at radius 3 is 2.77 bits per heavy atom. The SMILES string of the molecule is CC(C)CC(CN)Cc1ncc[nH]1. The summed E-state index contributed by atoms with van der Waals surface area (Å²) in [5.41, 5.74) is 5.70. The van der Waals surface area contributed by atoms with Gasteiger partial charge in [0.25, 0.3) is 0 Å². The van der Waals surface area contributed by atoms with E-state index in [-0.39, 0.29) is 0 Å². The molecule has 1 atom stereocenters. The number of nitrogens with one attached hydrogen (secondary N) is 1. The highest BCUT2D eigenvalue weighted by Gasteiger charge is 2.10. The monoisotopic (exact) mass is 181 g/mol. The Hall–Kier alpha value is -0.830. The second kappa shape index (κ2) is 5.02. The van der Waals surface area contributed by atoms with Crippen molar-refractivity contribution in [2.45, 2.75) is 26.7 Å². The van der Waals surface area contributed by atoms with Crippen molar-refractivity contribution in [3.8, 4) is 0 Å². The molecule has 1 aromatic heterocycles. The molecule has 0 aliphatic rings. The predicted octanol–water partition coefficient (Wildman–Crippen LogP) is 1.57. The van der Waals surface area contributed by atoms with Crippen molar-refractivity contribution < 1.29 is 0 Å². The highest BCUT2D eigenvalue weighted by atomic mass is 14.9. The van der Waals surface area contributed by atoms with Gasteiger partial charge in [-0.25, -0.2) is 4.98 Å². The van der Waals surface area contributed by atoms with Gasteiger partial charge in [0.05, 0.1) is 0 Å². The molecule has 1 rings (SSSR count). The fourth-order valence-electron chi connectivity index (χ4n) is 1.61. The molecule has 0 aliphatic carbocycles. The maximum atomic E-state index is 5.70. The van der Waals surface area contributed by atoms with Gasteiger partial charge in [0.15, 0.2) is 0 Å². The van der Waals surface area contributed by atoms with Crippen molar-refractivity contribution >= 4 is 0 Å². The number of nitrogens with zero attached hydrogens (tertiary/aromatic N) is 1. The molecule has 0 aromatic carbocycles. The van der Waals surface area contributed by atoms with Crippen LogP contribution in [0.1, 0.15) is 26.1 Å². The summed E-state index contributed by atoms with van der Waals surface area (Å²) in [6.07, 6.45) is 5.80. The van der Waals surface area contributed by atoms with Crippen LogP contribution in [0, 0.1) is 11.8 Å². The first-order valence-corrected chi connectivity index (χ1v) is 4.90. The smallest absolute Gasteiger partial charge is 0.106 e. The Kier molecular flexibility index (Phi) is 3.96. The largest absolute Gasteiger partial charge is 0.349 e. The van der Waals surface area contributed by atoms with Crippen molar-refractivity contribution in [3.05, 3.63) is 18.2 Å². The minimum absolute atomic E-state index is 0.561. The van der Waals surface area contributed by atoms with Crippen molar-refractivity contribution in [1.29, 1.82) is 0 Å². The van der Waals surface area contributed by atoms with Gasteiger partial charge < -0.3 is 10.7 Å². The molecule has 13 heavy (non-hydrogen) atoms. The number of hydrogen-bond acceptors (Lipinski definition) is 2. The second-order valence-electron chi connectivity index (χ2n) is 3.97. The Labute approximate surface area is 79.8 Å². The lowest BCUT2D eigenvalue weighted by molar-refractivity contribution is 0.409. The Morgan fingerprint density at radius 1 is 1.54 bits per heavy atom. The molecule has 1 heterocycles. The topological polar surface area (TPSA) is 54.7 Å². The fraction of sp³-hybridized carbons (Fsp3) is 0.700. The fourth-order valence-corrected chi connectivity index (χ4v) is 1.61. The molecule has 1 unspecified atom stereocenters. The molecule has 3 N–H and O–H groups in total. The highest BCUT2D eigenvalue weighted by Crippen LogP contribution is 2.13. The van der Waals surface area contributed by atoms with Gasteiger partial charge in [-0.2, -0.15) is 0 Å². The van der Waals surface area contributed by atoms with E-state index >= 15 is 0 Å². The first-order chi connectivity index (χ1) is 6.22. The van der Waals surface area contributed by atoms with Gasteiger partial charge in [-0.1, -0.05) is 13.8 Å². The van der Waals surface area contributed by atoms with Gasteiger partial charge in [0.2, 0.25) is 0 Å². The Bertz CT molecular complexity index is 216. The Morgan fingerprint density at radius 2 is 2.31 bits per heavy atom. The van der Waals surface area contributed by atoms with E-state index in [9.17, 15) is 0 Å². The minimum atomic E-state index is 0.561. The molecule has 0 fully saturated rings. The quantitative estimate of drug-likeness (QED) is 0.724. The molecular weight excluding hydrogens is 162 g/mol. The van der Waals surface area contributed by atoms with Gasteiger partial charge in [-0.05, 0) is 24.8 Å². The Balaban J connectivity index is 2.40. The lowest BCUT2D eigenvalue weighted by Gasteiger charge is -2.15. The third-order valence-corrected chi connectivity index (χ3v) is 2.17. The average molecular weight is 181 g/mol. The van der Waals surface area contributed by atoms with Gasteiger partial charge in [-0.3, -0.25) is 0 Å². The predicted molar refractivity (Wildman–Crippen MR) is 54.3 cm³/mol. The first-order valence-electron chi connectivity index (χ1n) is 4.90. The summed E-state index contributed by atoms with van der Waals surface area (Å²) in [5.74, 6) is 2.32. The zero-order chi connectivity index (χ0) is 9.68. The van der Waals surface area contributed by atoms with Crippen LogP contribution in [0.25, 0.3) is 0 Å². The normalized spacial score (nSPS) is 13.5. The highest BCUT2D eigenvalue weighted by molar-refractivity contribution is 4.89. The molecule has 0 saturated carbocycles. The van der Waals surface area contributed by atoms with Crippen LogP contribution in [0.5, 0.6) is 0 Å². The molecule has 0 saturated heterocycles. The van der Waals surface area contributed by atoms with Crippen molar-refractivity contribution in [1.82, 2.24) is 9.97 Å².